The molecule has 1 aliphatic rings. The van der Waals surface area contributed by atoms with Crippen molar-refractivity contribution < 1.29 is 18.3 Å². The number of ether oxygens (including phenoxy) is 1. The van der Waals surface area contributed by atoms with Crippen molar-refractivity contribution in [3.8, 4) is 11.5 Å². The van der Waals surface area contributed by atoms with Gasteiger partial charge >= 0.3 is 6.03 Å². The third kappa shape index (κ3) is 4.88. The number of hydrogen-bond donors (Lipinski definition) is 2. The number of carbonyl (C=O) groups is 1. The van der Waals surface area contributed by atoms with Crippen LogP contribution >= 0.6 is 0 Å². The molecular formula is C25H21F2N5O2. The number of hydrogen-bond acceptors (Lipinski definition) is 5. The molecule has 2 amide bonds. The van der Waals surface area contributed by atoms with Crippen LogP contribution in [0.3, 0.4) is 0 Å². The first-order chi connectivity index (χ1) is 16.5. The average Bonchev–Trinajstić information content (AvgIpc) is 3.35. The van der Waals surface area contributed by atoms with Crippen molar-refractivity contribution in [2.24, 2.45) is 0 Å². The molecule has 0 bridgehead atoms. The Labute approximate surface area is 194 Å². The van der Waals surface area contributed by atoms with E-state index >= 15 is 0 Å². The molecule has 1 fully saturated rings. The van der Waals surface area contributed by atoms with Gasteiger partial charge in [0.2, 0.25) is 0 Å². The fourth-order valence-corrected chi connectivity index (χ4v) is 3.79. The molecule has 5 rings (SSSR count). The predicted octanol–water partition coefficient (Wildman–Crippen LogP) is 5.94. The number of halogens is 2. The van der Waals surface area contributed by atoms with E-state index in [1.807, 2.05) is 0 Å². The molecule has 2 heterocycles. The number of aromatic nitrogens is 2. The third-order valence-electron chi connectivity index (χ3n) is 5.43. The number of urea groups is 1. The molecule has 0 unspecified atom stereocenters. The Morgan fingerprint density at radius 2 is 1.71 bits per heavy atom. The van der Waals surface area contributed by atoms with Crippen LogP contribution in [0.15, 0.2) is 66.9 Å². The first-order valence-electron chi connectivity index (χ1n) is 10.9. The molecule has 3 aromatic carbocycles. The number of amides is 2. The van der Waals surface area contributed by atoms with Crippen molar-refractivity contribution in [2.75, 3.05) is 28.6 Å². The normalized spacial score (nSPS) is 13.2. The molecule has 7 nitrogen and oxygen atoms in total. The Kier molecular flexibility index (Phi) is 5.90. The maximum Gasteiger partial charge on any atom is 0.323 e. The first-order valence-corrected chi connectivity index (χ1v) is 10.9. The van der Waals surface area contributed by atoms with Gasteiger partial charge in [-0.3, -0.25) is 4.98 Å². The van der Waals surface area contributed by atoms with E-state index in [2.05, 4.69) is 25.5 Å². The van der Waals surface area contributed by atoms with Gasteiger partial charge in [-0.25, -0.2) is 18.6 Å². The monoisotopic (exact) mass is 461 g/mol. The van der Waals surface area contributed by atoms with Crippen molar-refractivity contribution in [1.82, 2.24) is 9.97 Å². The molecule has 34 heavy (non-hydrogen) atoms. The minimum absolute atomic E-state index is 0.000838. The SMILES string of the molecule is O=C(Nc1cccc(F)c1)Nc1ccc(Oc2ccc3ncc(N4CCCC4)nc3c2)c(F)c1. The molecule has 1 saturated heterocycles. The first kappa shape index (κ1) is 21.6. The van der Waals surface area contributed by atoms with Gasteiger partial charge in [0.05, 0.1) is 17.2 Å². The summed E-state index contributed by atoms with van der Waals surface area (Å²) in [5.74, 6) is 0.112. The molecule has 0 radical (unpaired) electrons. The number of carbonyl (C=O) groups excluding carboxylic acids is 1. The second-order valence-electron chi connectivity index (χ2n) is 7.91. The number of fused-ring (bicyclic) bond motifs is 1. The highest BCUT2D eigenvalue weighted by Gasteiger charge is 2.15. The van der Waals surface area contributed by atoms with Crippen LogP contribution in [0.5, 0.6) is 11.5 Å². The lowest BCUT2D eigenvalue weighted by Gasteiger charge is -2.16. The van der Waals surface area contributed by atoms with Crippen molar-refractivity contribution in [3.63, 3.8) is 0 Å². The van der Waals surface area contributed by atoms with E-state index in [1.165, 1.54) is 30.3 Å². The van der Waals surface area contributed by atoms with E-state index in [0.717, 1.165) is 43.3 Å². The second kappa shape index (κ2) is 9.30. The van der Waals surface area contributed by atoms with E-state index in [9.17, 15) is 13.6 Å². The molecule has 1 aromatic heterocycles. The fraction of sp³-hybridized carbons (Fsp3) is 0.160. The summed E-state index contributed by atoms with van der Waals surface area (Å²) in [7, 11) is 0. The van der Waals surface area contributed by atoms with E-state index in [1.54, 1.807) is 30.5 Å². The molecular weight excluding hydrogens is 440 g/mol. The van der Waals surface area contributed by atoms with Gasteiger partial charge in [0.15, 0.2) is 11.6 Å². The van der Waals surface area contributed by atoms with Crippen LogP contribution in [-0.2, 0) is 0 Å². The topological polar surface area (TPSA) is 79.4 Å². The summed E-state index contributed by atoms with van der Waals surface area (Å²) in [5.41, 5.74) is 1.89. The summed E-state index contributed by atoms with van der Waals surface area (Å²) in [6.45, 7) is 1.92. The standard InChI is InChI=1S/C25H21F2N5O2/c26-16-4-3-5-17(12-16)29-25(33)30-18-6-9-23(20(27)13-18)34-19-7-8-21-22(14-19)31-24(15-28-21)32-10-1-2-11-32/h3-9,12-15H,1-2,10-11H2,(H2,29,30,33). The van der Waals surface area contributed by atoms with Gasteiger partial charge in [0, 0.05) is 36.6 Å². The lowest BCUT2D eigenvalue weighted by atomic mass is 10.2. The van der Waals surface area contributed by atoms with Gasteiger partial charge in [0.1, 0.15) is 17.4 Å². The quantitative estimate of drug-likeness (QED) is 0.384. The largest absolute Gasteiger partial charge is 0.454 e. The molecule has 4 aromatic rings. The number of benzene rings is 3. The van der Waals surface area contributed by atoms with Gasteiger partial charge in [-0.1, -0.05) is 6.07 Å². The van der Waals surface area contributed by atoms with E-state index in [-0.39, 0.29) is 17.1 Å². The van der Waals surface area contributed by atoms with Crippen LogP contribution in [0.4, 0.5) is 30.8 Å². The predicted molar refractivity (Wildman–Crippen MR) is 127 cm³/mol. The van der Waals surface area contributed by atoms with Crippen molar-refractivity contribution >= 4 is 34.3 Å². The third-order valence-corrected chi connectivity index (χ3v) is 5.43. The van der Waals surface area contributed by atoms with Crippen LogP contribution in [0.1, 0.15) is 12.8 Å². The Balaban J connectivity index is 1.28. The van der Waals surface area contributed by atoms with Gasteiger partial charge in [0.25, 0.3) is 0 Å². The van der Waals surface area contributed by atoms with Crippen LogP contribution in [0, 0.1) is 11.6 Å². The lowest BCUT2D eigenvalue weighted by molar-refractivity contribution is 0.262. The second-order valence-corrected chi connectivity index (χ2v) is 7.91. The highest BCUT2D eigenvalue weighted by molar-refractivity contribution is 5.99. The van der Waals surface area contributed by atoms with Gasteiger partial charge in [-0.05, 0) is 55.3 Å². The highest BCUT2D eigenvalue weighted by Crippen LogP contribution is 2.29. The van der Waals surface area contributed by atoms with Crippen LogP contribution in [0.2, 0.25) is 0 Å². The number of anilines is 3. The zero-order valence-corrected chi connectivity index (χ0v) is 18.1. The fourth-order valence-electron chi connectivity index (χ4n) is 3.79. The molecule has 2 N–H and O–H groups in total. The van der Waals surface area contributed by atoms with Crippen LogP contribution < -0.4 is 20.3 Å². The molecule has 9 heteroatoms. The lowest BCUT2D eigenvalue weighted by Crippen LogP contribution is -2.19. The van der Waals surface area contributed by atoms with Crippen LogP contribution in [0.25, 0.3) is 11.0 Å². The summed E-state index contributed by atoms with van der Waals surface area (Å²) in [6, 6.07) is 14.1. The molecule has 172 valence electrons. The summed E-state index contributed by atoms with van der Waals surface area (Å²) in [5, 5.41) is 4.99. The summed E-state index contributed by atoms with van der Waals surface area (Å²) in [4.78, 5) is 23.4. The number of nitrogens with one attached hydrogen (secondary N) is 2. The molecule has 0 aliphatic carbocycles. The molecule has 1 aliphatic heterocycles. The highest BCUT2D eigenvalue weighted by atomic mass is 19.1. The Morgan fingerprint density at radius 1 is 0.912 bits per heavy atom. The Bertz CT molecular complexity index is 1360. The van der Waals surface area contributed by atoms with Crippen molar-refractivity contribution in [2.45, 2.75) is 12.8 Å². The van der Waals surface area contributed by atoms with E-state index in [0.29, 0.717) is 11.3 Å². The van der Waals surface area contributed by atoms with Crippen LogP contribution in [-0.4, -0.2) is 29.1 Å². The van der Waals surface area contributed by atoms with Gasteiger partial charge < -0.3 is 20.3 Å². The van der Waals surface area contributed by atoms with Crippen molar-refractivity contribution in [1.29, 1.82) is 0 Å². The maximum atomic E-state index is 14.7. The Hall–Kier alpha value is -4.27. The smallest absolute Gasteiger partial charge is 0.323 e. The summed E-state index contributed by atoms with van der Waals surface area (Å²) in [6.07, 6.45) is 4.04. The maximum absolute atomic E-state index is 14.7. The number of nitrogens with zero attached hydrogens (tertiary/aromatic N) is 3. The van der Waals surface area contributed by atoms with Crippen molar-refractivity contribution in [3.05, 3.63) is 78.5 Å². The summed E-state index contributed by atoms with van der Waals surface area (Å²) < 4.78 is 33.6. The number of rotatable bonds is 5. The zero-order chi connectivity index (χ0) is 23.5. The average molecular weight is 461 g/mol. The zero-order valence-electron chi connectivity index (χ0n) is 18.1. The van der Waals surface area contributed by atoms with E-state index in [4.69, 9.17) is 4.74 Å². The summed E-state index contributed by atoms with van der Waals surface area (Å²) >= 11 is 0. The van der Waals surface area contributed by atoms with Gasteiger partial charge in [-0.2, -0.15) is 0 Å². The minimum atomic E-state index is -0.652. The van der Waals surface area contributed by atoms with E-state index < -0.39 is 17.7 Å². The molecule has 0 saturated carbocycles. The molecule has 0 spiro atoms. The van der Waals surface area contributed by atoms with Gasteiger partial charge in [-0.15, -0.1) is 0 Å². The molecule has 0 atom stereocenters. The minimum Gasteiger partial charge on any atom is -0.454 e. The Morgan fingerprint density at radius 3 is 2.47 bits per heavy atom.